The van der Waals surface area contributed by atoms with Crippen molar-refractivity contribution in [1.29, 1.82) is 0 Å². The zero-order chi connectivity index (χ0) is 12.1. The molecule has 1 atom stereocenters. The zero-order valence-electron chi connectivity index (χ0n) is 9.80. The lowest BCUT2D eigenvalue weighted by Gasteiger charge is -2.08. The zero-order valence-corrected chi connectivity index (χ0v) is 9.80. The Kier molecular flexibility index (Phi) is 3.82. The molecular weight excluding hydrogens is 216 g/mol. The highest BCUT2D eigenvalue weighted by atomic mass is 16.3. The SMILES string of the molecule is CCC(O)CCNc1nnc2ccccc2n1. The van der Waals surface area contributed by atoms with Crippen molar-refractivity contribution in [3.8, 4) is 0 Å². The number of hydrogen-bond donors (Lipinski definition) is 2. The van der Waals surface area contributed by atoms with E-state index in [1.54, 1.807) is 0 Å². The first-order chi connectivity index (χ1) is 8.29. The number of anilines is 1. The van der Waals surface area contributed by atoms with Gasteiger partial charge in [0, 0.05) is 6.54 Å². The molecule has 17 heavy (non-hydrogen) atoms. The van der Waals surface area contributed by atoms with Gasteiger partial charge in [-0.15, -0.1) is 10.2 Å². The van der Waals surface area contributed by atoms with E-state index in [9.17, 15) is 5.11 Å². The van der Waals surface area contributed by atoms with Crippen molar-refractivity contribution in [2.24, 2.45) is 0 Å². The third-order valence-electron chi connectivity index (χ3n) is 2.59. The molecule has 0 aliphatic carbocycles. The fraction of sp³-hybridized carbons (Fsp3) is 0.417. The molecule has 1 aromatic heterocycles. The van der Waals surface area contributed by atoms with Gasteiger partial charge >= 0.3 is 0 Å². The Morgan fingerprint density at radius 1 is 1.24 bits per heavy atom. The van der Waals surface area contributed by atoms with Gasteiger partial charge in [0.25, 0.3) is 0 Å². The number of hydrogen-bond acceptors (Lipinski definition) is 5. The number of aliphatic hydroxyl groups excluding tert-OH is 1. The summed E-state index contributed by atoms with van der Waals surface area (Å²) in [6, 6.07) is 7.60. The molecular formula is C12H16N4O. The van der Waals surface area contributed by atoms with E-state index < -0.39 is 0 Å². The Bertz CT molecular complexity index is 489. The summed E-state index contributed by atoms with van der Waals surface area (Å²) in [5, 5.41) is 20.5. The van der Waals surface area contributed by atoms with Crippen molar-refractivity contribution in [3.05, 3.63) is 24.3 Å². The van der Waals surface area contributed by atoms with Crippen LogP contribution in [0.3, 0.4) is 0 Å². The van der Waals surface area contributed by atoms with Crippen molar-refractivity contribution < 1.29 is 5.11 Å². The van der Waals surface area contributed by atoms with Crippen LogP contribution in [0.15, 0.2) is 24.3 Å². The molecule has 0 aliphatic rings. The largest absolute Gasteiger partial charge is 0.393 e. The van der Waals surface area contributed by atoms with Gasteiger partial charge in [0.05, 0.1) is 11.6 Å². The Hall–Kier alpha value is -1.75. The minimum absolute atomic E-state index is 0.268. The highest BCUT2D eigenvalue weighted by molar-refractivity contribution is 5.73. The summed E-state index contributed by atoms with van der Waals surface area (Å²) in [5.74, 6) is 0.506. The first-order valence-corrected chi connectivity index (χ1v) is 5.81. The molecule has 1 heterocycles. The molecule has 5 nitrogen and oxygen atoms in total. The topological polar surface area (TPSA) is 70.9 Å². The fourth-order valence-corrected chi connectivity index (χ4v) is 1.51. The van der Waals surface area contributed by atoms with Crippen LogP contribution in [0, 0.1) is 0 Å². The highest BCUT2D eigenvalue weighted by Gasteiger charge is 2.02. The molecule has 0 fully saturated rings. The van der Waals surface area contributed by atoms with Crippen LogP contribution in [-0.2, 0) is 0 Å². The first kappa shape index (κ1) is 11.7. The number of rotatable bonds is 5. The van der Waals surface area contributed by atoms with Crippen molar-refractivity contribution in [1.82, 2.24) is 15.2 Å². The van der Waals surface area contributed by atoms with Gasteiger partial charge in [0.15, 0.2) is 0 Å². The van der Waals surface area contributed by atoms with E-state index in [-0.39, 0.29) is 6.10 Å². The molecule has 1 unspecified atom stereocenters. The summed E-state index contributed by atoms with van der Waals surface area (Å²) in [4.78, 5) is 4.33. The Morgan fingerprint density at radius 2 is 2.00 bits per heavy atom. The molecule has 0 amide bonds. The molecule has 0 saturated carbocycles. The Labute approximate surface area is 99.9 Å². The van der Waals surface area contributed by atoms with E-state index in [0.717, 1.165) is 17.5 Å². The van der Waals surface area contributed by atoms with Gasteiger partial charge in [-0.2, -0.15) is 0 Å². The van der Waals surface area contributed by atoms with E-state index in [2.05, 4.69) is 20.5 Å². The van der Waals surface area contributed by atoms with Crippen LogP contribution >= 0.6 is 0 Å². The van der Waals surface area contributed by atoms with Crippen molar-refractivity contribution >= 4 is 17.0 Å². The standard InChI is InChI=1S/C12H16N4O/c1-2-9(17)7-8-13-12-14-10-5-3-4-6-11(10)15-16-12/h3-6,9,17H,2,7-8H2,1H3,(H,13,14,16). The summed E-state index contributed by atoms with van der Waals surface area (Å²) >= 11 is 0. The van der Waals surface area contributed by atoms with Crippen molar-refractivity contribution in [3.63, 3.8) is 0 Å². The van der Waals surface area contributed by atoms with Gasteiger partial charge in [-0.25, -0.2) is 4.98 Å². The average Bonchev–Trinajstić information content (AvgIpc) is 2.38. The third kappa shape index (κ3) is 3.10. The number of fused-ring (bicyclic) bond motifs is 1. The lowest BCUT2D eigenvalue weighted by atomic mass is 10.2. The summed E-state index contributed by atoms with van der Waals surface area (Å²) in [7, 11) is 0. The second-order valence-corrected chi connectivity index (χ2v) is 3.90. The van der Waals surface area contributed by atoms with E-state index in [0.29, 0.717) is 18.9 Å². The lowest BCUT2D eigenvalue weighted by molar-refractivity contribution is 0.164. The van der Waals surface area contributed by atoms with Gasteiger partial charge in [-0.3, -0.25) is 0 Å². The van der Waals surface area contributed by atoms with Crippen LogP contribution in [0.5, 0.6) is 0 Å². The average molecular weight is 232 g/mol. The predicted molar refractivity (Wildman–Crippen MR) is 66.7 cm³/mol. The lowest BCUT2D eigenvalue weighted by Crippen LogP contribution is -2.13. The predicted octanol–water partition coefficient (Wildman–Crippen LogP) is 1.60. The van der Waals surface area contributed by atoms with Gasteiger partial charge in [0.2, 0.25) is 5.95 Å². The second-order valence-electron chi connectivity index (χ2n) is 3.90. The molecule has 0 radical (unpaired) electrons. The van der Waals surface area contributed by atoms with Gasteiger partial charge < -0.3 is 10.4 Å². The summed E-state index contributed by atoms with van der Waals surface area (Å²) in [5.41, 5.74) is 1.60. The fourth-order valence-electron chi connectivity index (χ4n) is 1.51. The van der Waals surface area contributed by atoms with Gasteiger partial charge in [0.1, 0.15) is 5.52 Å². The molecule has 90 valence electrons. The second kappa shape index (κ2) is 5.54. The maximum Gasteiger partial charge on any atom is 0.243 e. The molecule has 2 aromatic rings. The van der Waals surface area contributed by atoms with E-state index in [4.69, 9.17) is 0 Å². The number of nitrogens with zero attached hydrogens (tertiary/aromatic N) is 3. The Balaban J connectivity index is 1.99. The van der Waals surface area contributed by atoms with Crippen molar-refractivity contribution in [2.45, 2.75) is 25.9 Å². The van der Waals surface area contributed by atoms with E-state index in [1.807, 2.05) is 31.2 Å². The number of benzene rings is 1. The molecule has 0 bridgehead atoms. The quantitative estimate of drug-likeness (QED) is 0.819. The molecule has 0 spiro atoms. The van der Waals surface area contributed by atoms with Crippen LogP contribution < -0.4 is 5.32 Å². The van der Waals surface area contributed by atoms with E-state index >= 15 is 0 Å². The summed E-state index contributed by atoms with van der Waals surface area (Å²) in [6.45, 7) is 2.60. The molecule has 1 aromatic carbocycles. The molecule has 0 aliphatic heterocycles. The minimum Gasteiger partial charge on any atom is -0.393 e. The van der Waals surface area contributed by atoms with Crippen LogP contribution in [0.2, 0.25) is 0 Å². The maximum absolute atomic E-state index is 9.41. The third-order valence-corrected chi connectivity index (χ3v) is 2.59. The first-order valence-electron chi connectivity index (χ1n) is 5.81. The molecule has 0 saturated heterocycles. The van der Waals surface area contributed by atoms with Crippen LogP contribution in [0.25, 0.3) is 11.0 Å². The number of aromatic nitrogens is 3. The number of para-hydroxylation sites is 1. The maximum atomic E-state index is 9.41. The Morgan fingerprint density at radius 3 is 2.76 bits per heavy atom. The molecule has 5 heteroatoms. The van der Waals surface area contributed by atoms with Crippen LogP contribution in [-0.4, -0.2) is 32.9 Å². The number of aliphatic hydroxyl groups is 1. The monoisotopic (exact) mass is 232 g/mol. The van der Waals surface area contributed by atoms with E-state index in [1.165, 1.54) is 0 Å². The van der Waals surface area contributed by atoms with Crippen molar-refractivity contribution in [2.75, 3.05) is 11.9 Å². The summed E-state index contributed by atoms with van der Waals surface area (Å²) < 4.78 is 0. The normalized spacial score (nSPS) is 12.6. The minimum atomic E-state index is -0.268. The highest BCUT2D eigenvalue weighted by Crippen LogP contribution is 2.08. The molecule has 2 N–H and O–H groups in total. The molecule has 2 rings (SSSR count). The summed E-state index contributed by atoms with van der Waals surface area (Å²) in [6.07, 6.45) is 1.18. The number of nitrogens with one attached hydrogen (secondary N) is 1. The van der Waals surface area contributed by atoms with Crippen LogP contribution in [0.4, 0.5) is 5.95 Å². The van der Waals surface area contributed by atoms with Gasteiger partial charge in [-0.05, 0) is 25.0 Å². The smallest absolute Gasteiger partial charge is 0.243 e. The van der Waals surface area contributed by atoms with Crippen LogP contribution in [0.1, 0.15) is 19.8 Å². The van der Waals surface area contributed by atoms with Gasteiger partial charge in [-0.1, -0.05) is 19.1 Å².